The lowest BCUT2D eigenvalue weighted by Gasteiger charge is -2.14. The summed E-state index contributed by atoms with van der Waals surface area (Å²) in [5.74, 6) is 0.0349. The van der Waals surface area contributed by atoms with E-state index in [4.69, 9.17) is 14.6 Å². The molecule has 150 valence electrons. The maximum atomic E-state index is 12.4. The van der Waals surface area contributed by atoms with Crippen LogP contribution in [0.4, 0.5) is 5.69 Å². The number of ether oxygens (including phenoxy) is 2. The molecule has 6 nitrogen and oxygen atoms in total. The molecule has 0 aromatic heterocycles. The Bertz CT molecular complexity index is 803. The molecule has 2 aromatic carbocycles. The van der Waals surface area contributed by atoms with Crippen LogP contribution in [0.3, 0.4) is 0 Å². The Kier molecular flexibility index (Phi) is 8.34. The van der Waals surface area contributed by atoms with Gasteiger partial charge in [-0.3, -0.25) is 9.59 Å². The van der Waals surface area contributed by atoms with Crippen molar-refractivity contribution in [2.75, 3.05) is 18.5 Å². The molecular weight excluding hydrogens is 358 g/mol. The average Bonchev–Trinajstić information content (AvgIpc) is 2.70. The Morgan fingerprint density at radius 2 is 1.86 bits per heavy atom. The number of hydrogen-bond donors (Lipinski definition) is 2. The third kappa shape index (κ3) is 6.95. The molecule has 0 saturated heterocycles. The summed E-state index contributed by atoms with van der Waals surface area (Å²) < 4.78 is 11.3. The van der Waals surface area contributed by atoms with E-state index in [1.807, 2.05) is 37.3 Å². The standard InChI is InChI=1S/C22H27NO5/c1-3-12-27-20-10-8-17(9-11-22(25)26)14-19(20)23-21(24)15-28-18-7-5-6-16(4-2)13-18/h5-8,10,13-14H,3-4,9,11-12,15H2,1-2H3,(H,23,24)(H,25,26). The largest absolute Gasteiger partial charge is 0.491 e. The van der Waals surface area contributed by atoms with Crippen molar-refractivity contribution in [3.8, 4) is 11.5 Å². The van der Waals surface area contributed by atoms with E-state index in [1.54, 1.807) is 12.1 Å². The summed E-state index contributed by atoms with van der Waals surface area (Å²) in [7, 11) is 0. The van der Waals surface area contributed by atoms with E-state index in [0.717, 1.165) is 24.0 Å². The molecule has 6 heteroatoms. The molecule has 0 bridgehead atoms. The molecule has 0 saturated carbocycles. The fourth-order valence-electron chi connectivity index (χ4n) is 2.61. The number of benzene rings is 2. The van der Waals surface area contributed by atoms with Gasteiger partial charge in [-0.15, -0.1) is 0 Å². The van der Waals surface area contributed by atoms with E-state index in [0.29, 0.717) is 30.2 Å². The number of nitrogens with one attached hydrogen (secondary N) is 1. The highest BCUT2D eigenvalue weighted by atomic mass is 16.5. The van der Waals surface area contributed by atoms with E-state index in [2.05, 4.69) is 12.2 Å². The second-order valence-electron chi connectivity index (χ2n) is 6.41. The van der Waals surface area contributed by atoms with Gasteiger partial charge in [0.05, 0.1) is 12.3 Å². The fourth-order valence-corrected chi connectivity index (χ4v) is 2.61. The lowest BCUT2D eigenvalue weighted by Crippen LogP contribution is -2.21. The highest BCUT2D eigenvalue weighted by Gasteiger charge is 2.11. The Morgan fingerprint density at radius 1 is 1.04 bits per heavy atom. The highest BCUT2D eigenvalue weighted by Crippen LogP contribution is 2.27. The van der Waals surface area contributed by atoms with Gasteiger partial charge >= 0.3 is 5.97 Å². The zero-order valence-electron chi connectivity index (χ0n) is 16.4. The van der Waals surface area contributed by atoms with Gasteiger partial charge < -0.3 is 19.9 Å². The summed E-state index contributed by atoms with van der Waals surface area (Å²) in [4.78, 5) is 23.2. The van der Waals surface area contributed by atoms with Gasteiger partial charge in [0.2, 0.25) is 0 Å². The van der Waals surface area contributed by atoms with E-state index >= 15 is 0 Å². The van der Waals surface area contributed by atoms with Crippen molar-refractivity contribution >= 4 is 17.6 Å². The van der Waals surface area contributed by atoms with Gasteiger partial charge in [0.25, 0.3) is 5.91 Å². The Morgan fingerprint density at radius 3 is 2.57 bits per heavy atom. The number of rotatable bonds is 11. The van der Waals surface area contributed by atoms with Crippen LogP contribution >= 0.6 is 0 Å². The number of anilines is 1. The quantitative estimate of drug-likeness (QED) is 0.609. The second kappa shape index (κ2) is 11.0. The molecule has 2 aromatic rings. The molecule has 0 fully saturated rings. The van der Waals surface area contributed by atoms with Gasteiger partial charge in [-0.05, 0) is 54.7 Å². The normalized spacial score (nSPS) is 10.4. The van der Waals surface area contributed by atoms with Crippen LogP contribution in [0.1, 0.15) is 37.8 Å². The first-order valence-corrected chi connectivity index (χ1v) is 9.51. The van der Waals surface area contributed by atoms with Crippen LogP contribution in [0.5, 0.6) is 11.5 Å². The molecule has 2 rings (SSSR count). The minimum Gasteiger partial charge on any atom is -0.491 e. The van der Waals surface area contributed by atoms with E-state index < -0.39 is 5.97 Å². The SMILES string of the molecule is CCCOc1ccc(CCC(=O)O)cc1NC(=O)COc1cccc(CC)c1. The maximum absolute atomic E-state index is 12.4. The third-order valence-corrected chi connectivity index (χ3v) is 4.08. The van der Waals surface area contributed by atoms with Gasteiger partial charge in [0.1, 0.15) is 11.5 Å². The summed E-state index contributed by atoms with van der Waals surface area (Å²) in [5, 5.41) is 11.7. The molecule has 0 unspecified atom stereocenters. The summed E-state index contributed by atoms with van der Waals surface area (Å²) in [5.41, 5.74) is 2.48. The van der Waals surface area contributed by atoms with Crippen molar-refractivity contribution in [1.82, 2.24) is 0 Å². The molecule has 0 spiro atoms. The van der Waals surface area contributed by atoms with Crippen LogP contribution < -0.4 is 14.8 Å². The smallest absolute Gasteiger partial charge is 0.303 e. The van der Waals surface area contributed by atoms with Crippen molar-refractivity contribution < 1.29 is 24.2 Å². The Balaban J connectivity index is 2.04. The predicted molar refractivity (Wildman–Crippen MR) is 108 cm³/mol. The van der Waals surface area contributed by atoms with Crippen molar-refractivity contribution in [2.45, 2.75) is 39.5 Å². The summed E-state index contributed by atoms with van der Waals surface area (Å²) in [6, 6.07) is 13.0. The van der Waals surface area contributed by atoms with Gasteiger partial charge in [-0.25, -0.2) is 0 Å². The number of aryl methyl sites for hydroxylation is 2. The lowest BCUT2D eigenvalue weighted by molar-refractivity contribution is -0.137. The second-order valence-corrected chi connectivity index (χ2v) is 6.41. The zero-order valence-corrected chi connectivity index (χ0v) is 16.4. The van der Waals surface area contributed by atoms with Gasteiger partial charge in [-0.2, -0.15) is 0 Å². The lowest BCUT2D eigenvalue weighted by atomic mass is 10.1. The molecule has 2 N–H and O–H groups in total. The number of carboxylic acid groups (broad SMARTS) is 1. The number of carboxylic acids is 1. The average molecular weight is 385 g/mol. The monoisotopic (exact) mass is 385 g/mol. The van der Waals surface area contributed by atoms with Crippen molar-refractivity contribution in [3.05, 3.63) is 53.6 Å². The highest BCUT2D eigenvalue weighted by molar-refractivity contribution is 5.93. The van der Waals surface area contributed by atoms with E-state index in [1.165, 1.54) is 0 Å². The number of carbonyl (C=O) groups is 2. The Hall–Kier alpha value is -3.02. The van der Waals surface area contributed by atoms with Crippen molar-refractivity contribution in [2.24, 2.45) is 0 Å². The van der Waals surface area contributed by atoms with Crippen LogP contribution in [0.25, 0.3) is 0 Å². The van der Waals surface area contributed by atoms with Crippen LogP contribution in [-0.2, 0) is 22.4 Å². The molecule has 0 aliphatic carbocycles. The molecule has 1 amide bonds. The van der Waals surface area contributed by atoms with Crippen molar-refractivity contribution in [3.63, 3.8) is 0 Å². The molecule has 0 heterocycles. The van der Waals surface area contributed by atoms with E-state index in [-0.39, 0.29) is 18.9 Å². The fraction of sp³-hybridized carbons (Fsp3) is 0.364. The number of hydrogen-bond acceptors (Lipinski definition) is 4. The molecule has 0 aliphatic heterocycles. The zero-order chi connectivity index (χ0) is 20.4. The molecule has 0 aliphatic rings. The molecule has 0 atom stereocenters. The molecular formula is C22H27NO5. The van der Waals surface area contributed by atoms with Gasteiger partial charge in [0.15, 0.2) is 6.61 Å². The van der Waals surface area contributed by atoms with Crippen LogP contribution in [-0.4, -0.2) is 30.2 Å². The molecule has 28 heavy (non-hydrogen) atoms. The van der Waals surface area contributed by atoms with Crippen LogP contribution in [0.2, 0.25) is 0 Å². The van der Waals surface area contributed by atoms with Crippen LogP contribution in [0.15, 0.2) is 42.5 Å². The number of carbonyl (C=O) groups excluding carboxylic acids is 1. The van der Waals surface area contributed by atoms with Crippen molar-refractivity contribution in [1.29, 1.82) is 0 Å². The summed E-state index contributed by atoms with van der Waals surface area (Å²) >= 11 is 0. The topological polar surface area (TPSA) is 84.9 Å². The van der Waals surface area contributed by atoms with Crippen LogP contribution in [0, 0.1) is 0 Å². The third-order valence-electron chi connectivity index (χ3n) is 4.08. The minimum absolute atomic E-state index is 0.0272. The maximum Gasteiger partial charge on any atom is 0.303 e. The Labute approximate surface area is 165 Å². The first kappa shape index (κ1) is 21.3. The first-order chi connectivity index (χ1) is 13.5. The first-order valence-electron chi connectivity index (χ1n) is 9.51. The minimum atomic E-state index is -0.861. The van der Waals surface area contributed by atoms with Gasteiger partial charge in [-0.1, -0.05) is 32.0 Å². The predicted octanol–water partition coefficient (Wildman–Crippen LogP) is 4.07. The number of amides is 1. The van der Waals surface area contributed by atoms with E-state index in [9.17, 15) is 9.59 Å². The summed E-state index contributed by atoms with van der Waals surface area (Å²) in [6.07, 6.45) is 2.14. The molecule has 0 radical (unpaired) electrons. The number of aliphatic carboxylic acids is 1. The summed E-state index contributed by atoms with van der Waals surface area (Å²) in [6.45, 7) is 4.45. The van der Waals surface area contributed by atoms with Gasteiger partial charge in [0, 0.05) is 6.42 Å².